The Morgan fingerprint density at radius 3 is 2.55 bits per heavy atom. The lowest BCUT2D eigenvalue weighted by atomic mass is 9.91. The summed E-state index contributed by atoms with van der Waals surface area (Å²) in [5.41, 5.74) is -0.965. The third kappa shape index (κ3) is 5.73. The number of rotatable bonds is 7. The van der Waals surface area contributed by atoms with Gasteiger partial charge in [0.15, 0.2) is 0 Å². The first-order chi connectivity index (χ1) is 9.27. The van der Waals surface area contributed by atoms with Gasteiger partial charge in [-0.3, -0.25) is 0 Å². The fourth-order valence-corrected chi connectivity index (χ4v) is 3.32. The minimum atomic E-state index is -0.875. The monoisotopic (exact) mass is 316 g/mol. The van der Waals surface area contributed by atoms with Crippen LogP contribution < -0.4 is 10.6 Å². The summed E-state index contributed by atoms with van der Waals surface area (Å²) in [6.45, 7) is 6.73. The molecule has 6 heteroatoms. The van der Waals surface area contributed by atoms with E-state index in [0.29, 0.717) is 12.3 Å². The summed E-state index contributed by atoms with van der Waals surface area (Å²) in [6.07, 6.45) is 1.93. The third-order valence-corrected chi connectivity index (χ3v) is 5.11. The van der Waals surface area contributed by atoms with E-state index in [4.69, 9.17) is 0 Å². The number of urea groups is 1. The molecule has 1 heterocycles. The lowest BCUT2D eigenvalue weighted by Gasteiger charge is -2.25. The van der Waals surface area contributed by atoms with E-state index in [9.17, 15) is 9.90 Å². The second kappa shape index (κ2) is 7.33. The van der Waals surface area contributed by atoms with Gasteiger partial charge in [-0.05, 0) is 24.6 Å². The van der Waals surface area contributed by atoms with Crippen molar-refractivity contribution in [3.63, 3.8) is 0 Å². The molecule has 2 amide bonds. The van der Waals surface area contributed by atoms with Gasteiger partial charge in [0, 0.05) is 29.1 Å². The smallest absolute Gasteiger partial charge is 0.314 e. The van der Waals surface area contributed by atoms with Crippen LogP contribution in [-0.4, -0.2) is 41.8 Å². The minimum Gasteiger partial charge on any atom is -0.387 e. The zero-order valence-corrected chi connectivity index (χ0v) is 14.2. The first-order valence-corrected chi connectivity index (χ1v) is 8.81. The highest BCUT2D eigenvalue weighted by Gasteiger charge is 2.24. The van der Waals surface area contributed by atoms with Gasteiger partial charge in [-0.25, -0.2) is 4.79 Å². The van der Waals surface area contributed by atoms with Crippen molar-refractivity contribution in [1.82, 2.24) is 10.6 Å². The molecule has 1 aromatic heterocycles. The van der Waals surface area contributed by atoms with Crippen molar-refractivity contribution in [2.24, 2.45) is 0 Å². The highest BCUT2D eigenvalue weighted by atomic mass is 32.2. The standard InChI is InChI=1S/C14H24N2O2S2/c1-13(2,11-6-5-7-20-11)8-15-12(17)16-9-14(3,18)10-19-4/h5-7,18H,8-10H2,1-4H3,(H2,15,16,17). The maximum Gasteiger partial charge on any atom is 0.314 e. The molecule has 0 saturated heterocycles. The Morgan fingerprint density at radius 2 is 2.00 bits per heavy atom. The Bertz CT molecular complexity index is 417. The molecule has 0 aliphatic heterocycles. The van der Waals surface area contributed by atoms with E-state index in [2.05, 4.69) is 30.5 Å². The molecule has 0 fully saturated rings. The maximum atomic E-state index is 11.8. The van der Waals surface area contributed by atoms with Crippen molar-refractivity contribution in [1.29, 1.82) is 0 Å². The van der Waals surface area contributed by atoms with Gasteiger partial charge >= 0.3 is 6.03 Å². The Morgan fingerprint density at radius 1 is 1.35 bits per heavy atom. The van der Waals surface area contributed by atoms with E-state index in [0.717, 1.165) is 0 Å². The van der Waals surface area contributed by atoms with Crippen LogP contribution in [0.2, 0.25) is 0 Å². The van der Waals surface area contributed by atoms with Gasteiger partial charge in [0.25, 0.3) is 0 Å². The van der Waals surface area contributed by atoms with Crippen LogP contribution in [-0.2, 0) is 5.41 Å². The average molecular weight is 316 g/mol. The van der Waals surface area contributed by atoms with Crippen molar-refractivity contribution in [2.75, 3.05) is 25.1 Å². The fraction of sp³-hybridized carbons (Fsp3) is 0.643. The Balaban J connectivity index is 2.37. The van der Waals surface area contributed by atoms with Crippen LogP contribution >= 0.6 is 23.1 Å². The lowest BCUT2D eigenvalue weighted by Crippen LogP contribution is -2.48. The molecule has 0 bridgehead atoms. The molecule has 3 N–H and O–H groups in total. The third-order valence-electron chi connectivity index (χ3n) is 2.96. The lowest BCUT2D eigenvalue weighted by molar-refractivity contribution is 0.0869. The Labute approximate surface area is 129 Å². The summed E-state index contributed by atoms with van der Waals surface area (Å²) in [5, 5.41) is 17.6. The van der Waals surface area contributed by atoms with E-state index in [-0.39, 0.29) is 18.0 Å². The summed E-state index contributed by atoms with van der Waals surface area (Å²) < 4.78 is 0. The van der Waals surface area contributed by atoms with E-state index in [1.807, 2.05) is 17.7 Å². The number of carbonyl (C=O) groups is 1. The molecular formula is C14H24N2O2S2. The first-order valence-electron chi connectivity index (χ1n) is 6.54. The molecule has 0 aromatic carbocycles. The summed E-state index contributed by atoms with van der Waals surface area (Å²) in [7, 11) is 0. The average Bonchev–Trinajstić information content (AvgIpc) is 2.88. The van der Waals surface area contributed by atoms with E-state index in [1.54, 1.807) is 30.0 Å². The van der Waals surface area contributed by atoms with Crippen molar-refractivity contribution in [2.45, 2.75) is 31.8 Å². The number of nitrogens with one attached hydrogen (secondary N) is 2. The SMILES string of the molecule is CSCC(C)(O)CNC(=O)NCC(C)(C)c1cccs1. The highest BCUT2D eigenvalue weighted by molar-refractivity contribution is 7.98. The van der Waals surface area contributed by atoms with Crippen LogP contribution in [0, 0.1) is 0 Å². The second-order valence-corrected chi connectivity index (χ2v) is 7.64. The molecule has 1 rings (SSSR count). The molecular weight excluding hydrogens is 292 g/mol. The summed E-state index contributed by atoms with van der Waals surface area (Å²) >= 11 is 3.25. The van der Waals surface area contributed by atoms with Gasteiger partial charge in [0.2, 0.25) is 0 Å². The number of aliphatic hydroxyl groups is 1. The molecule has 1 aromatic rings. The number of hydrogen-bond acceptors (Lipinski definition) is 4. The molecule has 0 saturated carbocycles. The second-order valence-electron chi connectivity index (χ2n) is 5.83. The quantitative estimate of drug-likeness (QED) is 0.724. The van der Waals surface area contributed by atoms with Crippen LogP contribution in [0.4, 0.5) is 4.79 Å². The molecule has 20 heavy (non-hydrogen) atoms. The Kier molecular flexibility index (Phi) is 6.36. The number of thioether (sulfide) groups is 1. The van der Waals surface area contributed by atoms with Crippen LogP contribution in [0.25, 0.3) is 0 Å². The number of carbonyl (C=O) groups excluding carboxylic acids is 1. The number of hydrogen-bond donors (Lipinski definition) is 3. The molecule has 0 aliphatic carbocycles. The zero-order valence-electron chi connectivity index (χ0n) is 12.5. The van der Waals surface area contributed by atoms with Gasteiger partial charge in [-0.2, -0.15) is 11.8 Å². The molecule has 4 nitrogen and oxygen atoms in total. The molecule has 114 valence electrons. The van der Waals surface area contributed by atoms with E-state index >= 15 is 0 Å². The predicted molar refractivity (Wildman–Crippen MR) is 87.8 cm³/mol. The predicted octanol–water partition coefficient (Wildman–Crippen LogP) is 2.44. The minimum absolute atomic E-state index is 0.0900. The van der Waals surface area contributed by atoms with E-state index in [1.165, 1.54) is 4.88 Å². The van der Waals surface area contributed by atoms with Crippen LogP contribution in [0.1, 0.15) is 25.6 Å². The molecule has 0 aliphatic rings. The zero-order chi connectivity index (χ0) is 15.2. The summed E-state index contributed by atoms with van der Waals surface area (Å²) in [5.74, 6) is 0.591. The number of thiophene rings is 1. The van der Waals surface area contributed by atoms with Crippen molar-refractivity contribution < 1.29 is 9.90 Å². The molecule has 1 atom stereocenters. The topological polar surface area (TPSA) is 61.4 Å². The van der Waals surface area contributed by atoms with Crippen molar-refractivity contribution >= 4 is 29.1 Å². The highest BCUT2D eigenvalue weighted by Crippen LogP contribution is 2.26. The van der Waals surface area contributed by atoms with Crippen molar-refractivity contribution in [3.05, 3.63) is 22.4 Å². The van der Waals surface area contributed by atoms with Gasteiger partial charge in [0.1, 0.15) is 0 Å². The van der Waals surface area contributed by atoms with Crippen molar-refractivity contribution in [3.8, 4) is 0 Å². The van der Waals surface area contributed by atoms with Crippen LogP contribution in [0.3, 0.4) is 0 Å². The first kappa shape index (κ1) is 17.3. The molecule has 0 radical (unpaired) electrons. The summed E-state index contributed by atoms with van der Waals surface area (Å²) in [6, 6.07) is 3.85. The maximum absolute atomic E-state index is 11.8. The van der Waals surface area contributed by atoms with Crippen LogP contribution in [0.15, 0.2) is 17.5 Å². The van der Waals surface area contributed by atoms with Gasteiger partial charge < -0.3 is 15.7 Å². The number of amides is 2. The van der Waals surface area contributed by atoms with Gasteiger partial charge in [-0.1, -0.05) is 19.9 Å². The molecule has 0 spiro atoms. The van der Waals surface area contributed by atoms with Gasteiger partial charge in [-0.15, -0.1) is 11.3 Å². The molecule has 1 unspecified atom stereocenters. The summed E-state index contributed by atoms with van der Waals surface area (Å²) in [4.78, 5) is 13.0. The van der Waals surface area contributed by atoms with Crippen LogP contribution in [0.5, 0.6) is 0 Å². The largest absolute Gasteiger partial charge is 0.387 e. The Hall–Kier alpha value is -0.720. The van der Waals surface area contributed by atoms with E-state index < -0.39 is 5.60 Å². The fourth-order valence-electron chi connectivity index (χ4n) is 1.75. The van der Waals surface area contributed by atoms with Gasteiger partial charge in [0.05, 0.1) is 5.60 Å². The normalized spacial score (nSPS) is 14.7.